The predicted molar refractivity (Wildman–Crippen MR) is 102 cm³/mol. The Kier molecular flexibility index (Phi) is 5.69. The van der Waals surface area contributed by atoms with Crippen LogP contribution in [0.5, 0.6) is 0 Å². The number of urea groups is 1. The van der Waals surface area contributed by atoms with Crippen LogP contribution in [0, 0.1) is 5.82 Å². The number of hydrogen-bond donors (Lipinski definition) is 3. The third-order valence-electron chi connectivity index (χ3n) is 4.31. The molecular weight excluding hydrogens is 460 g/mol. The normalized spacial score (nSPS) is 19.1. The predicted octanol–water partition coefficient (Wildman–Crippen LogP) is 2.08. The van der Waals surface area contributed by atoms with Crippen LogP contribution in [-0.4, -0.2) is 38.1 Å². The van der Waals surface area contributed by atoms with Gasteiger partial charge in [-0.25, -0.2) is 22.5 Å². The van der Waals surface area contributed by atoms with E-state index >= 15 is 0 Å². The molecule has 2 aromatic rings. The molecule has 0 aliphatic carbocycles. The van der Waals surface area contributed by atoms with E-state index in [4.69, 9.17) is 0 Å². The van der Waals surface area contributed by atoms with Crippen LogP contribution >= 0.6 is 0 Å². The molecule has 2 aromatic carbocycles. The quantitative estimate of drug-likeness (QED) is 0.452. The highest BCUT2D eigenvalue weighted by atomic mass is 32.2. The van der Waals surface area contributed by atoms with Crippen molar-refractivity contribution in [1.29, 1.82) is 0 Å². The fourth-order valence-electron chi connectivity index (χ4n) is 2.88. The Morgan fingerprint density at radius 3 is 2.19 bits per heavy atom. The lowest BCUT2D eigenvalue weighted by Gasteiger charge is -2.29. The van der Waals surface area contributed by atoms with Crippen LogP contribution in [0.1, 0.15) is 6.92 Å². The van der Waals surface area contributed by atoms with Crippen LogP contribution in [0.4, 0.5) is 33.7 Å². The molecule has 170 valence electrons. The van der Waals surface area contributed by atoms with Gasteiger partial charge in [0.05, 0.1) is 10.6 Å². The van der Waals surface area contributed by atoms with Crippen molar-refractivity contribution in [3.8, 4) is 0 Å². The number of imide groups is 1. The first-order valence-corrected chi connectivity index (χ1v) is 10.2. The molecule has 1 fully saturated rings. The maximum Gasteiger partial charge on any atom is 0.435 e. The molecule has 32 heavy (non-hydrogen) atoms. The Balaban J connectivity index is 2.02. The fourth-order valence-corrected chi connectivity index (χ4v) is 4.15. The van der Waals surface area contributed by atoms with Gasteiger partial charge in [-0.1, -0.05) is 12.1 Å². The molecule has 4 amide bonds. The number of carbonyl (C=O) groups is 3. The third-order valence-corrected chi connectivity index (χ3v) is 5.78. The molecule has 0 spiro atoms. The van der Waals surface area contributed by atoms with Crippen molar-refractivity contribution in [3.63, 3.8) is 0 Å². The molecule has 3 N–H and O–H groups in total. The average Bonchev–Trinajstić information content (AvgIpc) is 2.92. The van der Waals surface area contributed by atoms with Crippen LogP contribution in [-0.2, 0) is 19.6 Å². The van der Waals surface area contributed by atoms with Gasteiger partial charge in [0.2, 0.25) is 15.9 Å². The number of nitrogens with one attached hydrogen (secondary N) is 3. The van der Waals surface area contributed by atoms with E-state index in [0.717, 1.165) is 36.4 Å². The number of para-hydroxylation sites is 1. The second-order valence-electron chi connectivity index (χ2n) is 6.58. The number of alkyl halides is 3. The van der Waals surface area contributed by atoms with Gasteiger partial charge in [0, 0.05) is 12.6 Å². The van der Waals surface area contributed by atoms with Crippen LogP contribution < -0.4 is 20.3 Å². The smallest absolute Gasteiger partial charge is 0.326 e. The van der Waals surface area contributed by atoms with Gasteiger partial charge in [0.25, 0.3) is 11.6 Å². The van der Waals surface area contributed by atoms with E-state index in [1.54, 1.807) is 0 Å². The first kappa shape index (κ1) is 23.1. The van der Waals surface area contributed by atoms with Crippen molar-refractivity contribution in [2.75, 3.05) is 10.2 Å². The number of halogens is 4. The fraction of sp³-hybridized carbons (Fsp3) is 0.167. The van der Waals surface area contributed by atoms with Gasteiger partial charge in [-0.2, -0.15) is 17.9 Å². The second kappa shape index (κ2) is 7.87. The van der Waals surface area contributed by atoms with Crippen LogP contribution in [0.25, 0.3) is 0 Å². The number of carbonyl (C=O) groups excluding carboxylic acids is 3. The monoisotopic (exact) mass is 474 g/mol. The standard InChI is InChI=1S/C18H14F4N4O5S/c1-10(27)23-11-6-8-12(9-7-11)32(30,31)25-17(18(20,21)22)15(28)26(16(29)24-17)14-5-3-2-4-13(14)19/h2-9,25H,1H3,(H,23,27)(H,24,29)/t17-/m0/s1. The minimum Gasteiger partial charge on any atom is -0.326 e. The highest BCUT2D eigenvalue weighted by Gasteiger charge is 2.70. The van der Waals surface area contributed by atoms with E-state index in [1.165, 1.54) is 29.1 Å². The Morgan fingerprint density at radius 2 is 1.66 bits per heavy atom. The molecule has 0 saturated carbocycles. The van der Waals surface area contributed by atoms with Crippen molar-refractivity contribution in [2.45, 2.75) is 23.7 Å². The number of hydrogen-bond acceptors (Lipinski definition) is 5. The van der Waals surface area contributed by atoms with Crippen molar-refractivity contribution in [1.82, 2.24) is 10.0 Å². The highest BCUT2D eigenvalue weighted by Crippen LogP contribution is 2.37. The molecule has 1 heterocycles. The molecule has 1 atom stereocenters. The molecule has 1 aliphatic heterocycles. The van der Waals surface area contributed by atoms with Gasteiger partial charge >= 0.3 is 12.2 Å². The molecule has 1 saturated heterocycles. The Bertz CT molecular complexity index is 1200. The van der Waals surface area contributed by atoms with Gasteiger partial charge in [0.15, 0.2) is 0 Å². The van der Waals surface area contributed by atoms with Crippen LogP contribution in [0.15, 0.2) is 53.4 Å². The number of rotatable bonds is 5. The summed E-state index contributed by atoms with van der Waals surface area (Å²) < 4.78 is 82.4. The van der Waals surface area contributed by atoms with Crippen LogP contribution in [0.3, 0.4) is 0 Å². The molecule has 0 radical (unpaired) electrons. The van der Waals surface area contributed by atoms with Crippen molar-refractivity contribution in [2.24, 2.45) is 0 Å². The molecule has 14 heteroatoms. The molecule has 3 rings (SSSR count). The first-order chi connectivity index (χ1) is 14.8. The maximum absolute atomic E-state index is 14.0. The number of sulfonamides is 1. The van der Waals surface area contributed by atoms with Gasteiger partial charge in [-0.15, -0.1) is 0 Å². The summed E-state index contributed by atoms with van der Waals surface area (Å²) in [6.07, 6.45) is -5.64. The van der Waals surface area contributed by atoms with Gasteiger partial charge in [-0.3, -0.25) is 9.59 Å². The van der Waals surface area contributed by atoms with E-state index in [2.05, 4.69) is 5.32 Å². The Hall–Kier alpha value is -3.52. The zero-order valence-corrected chi connectivity index (χ0v) is 16.8. The number of amides is 4. The van der Waals surface area contributed by atoms with Crippen molar-refractivity contribution < 1.29 is 40.4 Å². The van der Waals surface area contributed by atoms with E-state index in [9.17, 15) is 40.4 Å². The summed E-state index contributed by atoms with van der Waals surface area (Å²) in [6, 6.07) is 6.35. The number of anilines is 2. The molecule has 0 aromatic heterocycles. The summed E-state index contributed by atoms with van der Waals surface area (Å²) >= 11 is 0. The maximum atomic E-state index is 14.0. The lowest BCUT2D eigenvalue weighted by molar-refractivity contribution is -0.194. The summed E-state index contributed by atoms with van der Waals surface area (Å²) in [4.78, 5) is 35.1. The molecule has 1 aliphatic rings. The Morgan fingerprint density at radius 1 is 1.06 bits per heavy atom. The molecule has 0 unspecified atom stereocenters. The zero-order chi connectivity index (χ0) is 23.9. The van der Waals surface area contributed by atoms with E-state index in [0.29, 0.717) is 0 Å². The van der Waals surface area contributed by atoms with E-state index in [-0.39, 0.29) is 10.6 Å². The minimum atomic E-state index is -5.64. The van der Waals surface area contributed by atoms with Crippen LogP contribution in [0.2, 0.25) is 0 Å². The zero-order valence-electron chi connectivity index (χ0n) is 16.0. The minimum absolute atomic E-state index is 0.134. The number of nitrogens with zero attached hydrogens (tertiary/aromatic N) is 1. The topological polar surface area (TPSA) is 125 Å². The van der Waals surface area contributed by atoms with Gasteiger partial charge in [-0.05, 0) is 36.4 Å². The molecule has 9 nitrogen and oxygen atoms in total. The third kappa shape index (κ3) is 4.01. The van der Waals surface area contributed by atoms with Gasteiger partial charge < -0.3 is 10.6 Å². The first-order valence-electron chi connectivity index (χ1n) is 8.68. The second-order valence-corrected chi connectivity index (χ2v) is 8.26. The largest absolute Gasteiger partial charge is 0.435 e. The van der Waals surface area contributed by atoms with Crippen molar-refractivity contribution >= 4 is 39.2 Å². The average molecular weight is 474 g/mol. The van der Waals surface area contributed by atoms with Gasteiger partial charge in [0.1, 0.15) is 5.82 Å². The summed E-state index contributed by atoms with van der Waals surface area (Å²) in [6.45, 7) is 1.19. The SMILES string of the molecule is CC(=O)Nc1ccc(S(=O)(=O)N[C@@]2(C(F)(F)F)NC(=O)N(c3ccccc3F)C2=O)cc1. The van der Waals surface area contributed by atoms with E-state index < -0.39 is 56.1 Å². The molecular formula is C18H14F4N4O5S. The summed E-state index contributed by atoms with van der Waals surface area (Å²) in [5.41, 5.74) is -4.71. The summed E-state index contributed by atoms with van der Waals surface area (Å²) in [7, 11) is -5.04. The lowest BCUT2D eigenvalue weighted by Crippen LogP contribution is -2.69. The Labute approximate surface area is 178 Å². The van der Waals surface area contributed by atoms with Crippen molar-refractivity contribution in [3.05, 3.63) is 54.3 Å². The number of benzene rings is 2. The summed E-state index contributed by atoms with van der Waals surface area (Å²) in [5, 5.41) is 3.64. The summed E-state index contributed by atoms with van der Waals surface area (Å²) in [5.74, 6) is -3.73. The highest BCUT2D eigenvalue weighted by molar-refractivity contribution is 7.89. The van der Waals surface area contributed by atoms with E-state index in [1.807, 2.05) is 0 Å². The lowest BCUT2D eigenvalue weighted by atomic mass is 10.1. The molecule has 0 bridgehead atoms.